The van der Waals surface area contributed by atoms with Crippen LogP contribution in [-0.4, -0.2) is 4.98 Å². The lowest BCUT2D eigenvalue weighted by atomic mass is 9.95. The molecule has 0 bridgehead atoms. The Balaban J connectivity index is 0.992. The van der Waals surface area contributed by atoms with Crippen molar-refractivity contribution < 1.29 is 8.83 Å². The normalized spacial score (nSPS) is 11.7. The van der Waals surface area contributed by atoms with E-state index in [0.29, 0.717) is 0 Å². The second kappa shape index (κ2) is 14.0. The molecule has 0 fully saturated rings. The zero-order chi connectivity index (χ0) is 39.6. The number of hydrogen-bond acceptors (Lipinski definition) is 5. The molecule has 60 heavy (non-hydrogen) atoms. The molecule has 0 aliphatic rings. The summed E-state index contributed by atoms with van der Waals surface area (Å²) in [6.07, 6.45) is 0. The lowest BCUT2D eigenvalue weighted by Gasteiger charge is -2.22. The Morgan fingerprint density at radius 3 is 1.28 bits per heavy atom. The Labute approximate surface area is 349 Å². The largest absolute Gasteiger partial charge is 0.455 e. The van der Waals surface area contributed by atoms with E-state index in [-0.39, 0.29) is 0 Å². The Kier molecular flexibility index (Phi) is 8.00. The third-order valence-electron chi connectivity index (χ3n) is 11.6. The van der Waals surface area contributed by atoms with E-state index in [1.165, 1.54) is 0 Å². The van der Waals surface area contributed by atoms with E-state index in [1.54, 1.807) is 11.3 Å². The van der Waals surface area contributed by atoms with E-state index in [9.17, 15) is 0 Å². The Bertz CT molecular complexity index is 3300. The fourth-order valence-electron chi connectivity index (χ4n) is 8.68. The molecule has 0 saturated carbocycles. The number of fused-ring (bicyclic) bond motifs is 7. The molecule has 9 aromatic carbocycles. The predicted molar refractivity (Wildman–Crippen MR) is 251 cm³/mol. The van der Waals surface area contributed by atoms with Gasteiger partial charge in [0.1, 0.15) is 22.3 Å². The average Bonchev–Trinajstić information content (AvgIpc) is 4.04. The van der Waals surface area contributed by atoms with Crippen molar-refractivity contribution in [2.45, 2.75) is 0 Å². The minimum atomic E-state index is 0.900. The first-order chi connectivity index (χ1) is 29.7. The molecular weight excluding hydrogens is 753 g/mol. The number of benzene rings is 9. The molecule has 282 valence electrons. The second-order valence-electron chi connectivity index (χ2n) is 15.1. The molecule has 0 N–H and O–H groups in total. The molecule has 12 rings (SSSR count). The van der Waals surface area contributed by atoms with Crippen molar-refractivity contribution in [2.75, 3.05) is 4.90 Å². The van der Waals surface area contributed by atoms with Crippen LogP contribution in [0.3, 0.4) is 0 Å². The number of aromatic nitrogens is 1. The fourth-order valence-corrected chi connectivity index (χ4v) is 9.85. The van der Waals surface area contributed by atoms with Gasteiger partial charge in [0.2, 0.25) is 0 Å². The van der Waals surface area contributed by atoms with E-state index in [1.807, 2.05) is 24.3 Å². The molecule has 5 heteroatoms. The highest BCUT2D eigenvalue weighted by atomic mass is 32.1. The standard InChI is InChI=1S/C55H34N2O2S/c1-3-13-39(14-4-1)57(40-15-5-2-6-16-40)55-56-51-41(35-25-27-36(28-26-35)42-19-11-21-47-45-17-7-9-23-49(45)58-52(42)47)33-34-44(54(51)60-55)38-31-29-37(30-32-38)43-20-12-22-48-46-18-8-10-24-50(46)59-53(43)48/h1-34H. The van der Waals surface area contributed by atoms with Gasteiger partial charge in [-0.05, 0) is 58.7 Å². The molecular formula is C55H34N2O2S. The van der Waals surface area contributed by atoms with Gasteiger partial charge in [-0.15, -0.1) is 0 Å². The first-order valence-corrected chi connectivity index (χ1v) is 20.9. The van der Waals surface area contributed by atoms with Gasteiger partial charge in [-0.25, -0.2) is 4.98 Å². The molecule has 12 aromatic rings. The van der Waals surface area contributed by atoms with E-state index >= 15 is 0 Å². The van der Waals surface area contributed by atoms with Crippen molar-refractivity contribution >= 4 is 81.9 Å². The van der Waals surface area contributed by atoms with Gasteiger partial charge < -0.3 is 8.83 Å². The molecule has 0 unspecified atom stereocenters. The summed E-state index contributed by atoms with van der Waals surface area (Å²) in [5.41, 5.74) is 15.5. The van der Waals surface area contributed by atoms with Crippen molar-refractivity contribution in [3.63, 3.8) is 0 Å². The number of thiazole rings is 1. The Morgan fingerprint density at radius 2 is 0.767 bits per heavy atom. The summed E-state index contributed by atoms with van der Waals surface area (Å²) >= 11 is 1.72. The lowest BCUT2D eigenvalue weighted by molar-refractivity contribution is 0.669. The maximum Gasteiger partial charge on any atom is 0.195 e. The summed E-state index contributed by atoms with van der Waals surface area (Å²) in [7, 11) is 0. The van der Waals surface area contributed by atoms with Crippen LogP contribution in [0.25, 0.3) is 98.6 Å². The summed E-state index contributed by atoms with van der Waals surface area (Å²) < 4.78 is 13.9. The zero-order valence-corrected chi connectivity index (χ0v) is 33.1. The topological polar surface area (TPSA) is 42.4 Å². The van der Waals surface area contributed by atoms with Gasteiger partial charge in [-0.2, -0.15) is 0 Å². The number of rotatable bonds is 7. The monoisotopic (exact) mass is 786 g/mol. The molecule has 0 saturated heterocycles. The quantitative estimate of drug-likeness (QED) is 0.161. The molecule has 3 heterocycles. The smallest absolute Gasteiger partial charge is 0.195 e. The first-order valence-electron chi connectivity index (χ1n) is 20.1. The maximum absolute atomic E-state index is 6.41. The average molecular weight is 787 g/mol. The summed E-state index contributed by atoms with van der Waals surface area (Å²) in [5, 5.41) is 5.42. The van der Waals surface area contributed by atoms with Gasteiger partial charge in [0.15, 0.2) is 5.13 Å². The van der Waals surface area contributed by atoms with Crippen LogP contribution >= 0.6 is 11.3 Å². The fraction of sp³-hybridized carbons (Fsp3) is 0. The minimum absolute atomic E-state index is 0.900. The number of para-hydroxylation sites is 6. The van der Waals surface area contributed by atoms with Crippen molar-refractivity contribution in [3.05, 3.63) is 206 Å². The maximum atomic E-state index is 6.41. The number of hydrogen-bond donors (Lipinski definition) is 0. The Morgan fingerprint density at radius 1 is 0.350 bits per heavy atom. The van der Waals surface area contributed by atoms with Crippen molar-refractivity contribution in [1.29, 1.82) is 0 Å². The molecule has 0 spiro atoms. The van der Waals surface area contributed by atoms with Crippen LogP contribution in [0.1, 0.15) is 0 Å². The highest BCUT2D eigenvalue weighted by Gasteiger charge is 2.22. The van der Waals surface area contributed by atoms with Crippen LogP contribution in [0.4, 0.5) is 16.5 Å². The molecule has 0 atom stereocenters. The lowest BCUT2D eigenvalue weighted by Crippen LogP contribution is -2.09. The SMILES string of the molecule is c1ccc(N(c2ccccc2)c2nc3c(-c4ccc(-c5cccc6c5oc5ccccc56)cc4)ccc(-c4ccc(-c5cccc6c5oc5ccccc56)cc4)c3s2)cc1. The molecule has 0 aliphatic heterocycles. The summed E-state index contributed by atoms with van der Waals surface area (Å²) in [4.78, 5) is 7.77. The van der Waals surface area contributed by atoms with Crippen LogP contribution in [0.2, 0.25) is 0 Å². The predicted octanol–water partition coefficient (Wildman–Crippen LogP) is 16.2. The van der Waals surface area contributed by atoms with E-state index in [2.05, 4.69) is 187 Å². The van der Waals surface area contributed by atoms with Crippen LogP contribution in [0.5, 0.6) is 0 Å². The van der Waals surface area contributed by atoms with Crippen molar-refractivity contribution in [2.24, 2.45) is 0 Å². The van der Waals surface area contributed by atoms with E-state index < -0.39 is 0 Å². The van der Waals surface area contributed by atoms with Gasteiger partial charge in [-0.3, -0.25) is 4.90 Å². The third kappa shape index (κ3) is 5.63. The summed E-state index contributed by atoms with van der Waals surface area (Å²) in [5.74, 6) is 0. The van der Waals surface area contributed by atoms with Crippen LogP contribution in [-0.2, 0) is 0 Å². The zero-order valence-electron chi connectivity index (χ0n) is 32.2. The van der Waals surface area contributed by atoms with Gasteiger partial charge in [-0.1, -0.05) is 181 Å². The van der Waals surface area contributed by atoms with Gasteiger partial charge in [0.25, 0.3) is 0 Å². The van der Waals surface area contributed by atoms with Gasteiger partial charge >= 0.3 is 0 Å². The minimum Gasteiger partial charge on any atom is -0.455 e. The van der Waals surface area contributed by atoms with Crippen LogP contribution in [0.15, 0.2) is 215 Å². The van der Waals surface area contributed by atoms with Gasteiger partial charge in [0, 0.05) is 55.2 Å². The number of nitrogens with zero attached hydrogens (tertiary/aromatic N) is 2. The molecule has 0 aliphatic carbocycles. The van der Waals surface area contributed by atoms with Crippen LogP contribution < -0.4 is 4.90 Å². The van der Waals surface area contributed by atoms with Gasteiger partial charge in [0.05, 0.1) is 10.2 Å². The number of furan rings is 2. The Hall–Kier alpha value is -7.73. The van der Waals surface area contributed by atoms with E-state index in [4.69, 9.17) is 13.8 Å². The van der Waals surface area contributed by atoms with Crippen LogP contribution in [0, 0.1) is 0 Å². The second-order valence-corrected chi connectivity index (χ2v) is 16.0. The molecule has 0 amide bonds. The molecule has 4 nitrogen and oxygen atoms in total. The van der Waals surface area contributed by atoms with E-state index in [0.717, 1.165) is 115 Å². The first kappa shape index (κ1) is 34.3. The summed E-state index contributed by atoms with van der Waals surface area (Å²) in [6, 6.07) is 72.5. The summed E-state index contributed by atoms with van der Waals surface area (Å²) in [6.45, 7) is 0. The van der Waals surface area contributed by atoms with Crippen molar-refractivity contribution in [1.82, 2.24) is 4.98 Å². The molecule has 3 aromatic heterocycles. The highest BCUT2D eigenvalue weighted by Crippen LogP contribution is 2.46. The molecule has 0 radical (unpaired) electrons. The highest BCUT2D eigenvalue weighted by molar-refractivity contribution is 7.23. The number of anilines is 3. The van der Waals surface area contributed by atoms with Crippen molar-refractivity contribution in [3.8, 4) is 44.5 Å². The third-order valence-corrected chi connectivity index (χ3v) is 12.6.